The van der Waals surface area contributed by atoms with Gasteiger partial charge in [-0.3, -0.25) is 9.78 Å². The third kappa shape index (κ3) is 4.17. The zero-order valence-electron chi connectivity index (χ0n) is 14.2. The smallest absolute Gasteiger partial charge is 0.255 e. The van der Waals surface area contributed by atoms with Crippen LogP contribution in [0.3, 0.4) is 0 Å². The maximum atomic E-state index is 13.4. The molecule has 0 atom stereocenters. The van der Waals surface area contributed by atoms with Crippen molar-refractivity contribution in [1.82, 2.24) is 15.3 Å². The molecule has 0 aliphatic carbocycles. The fraction of sp³-hybridized carbons (Fsp3) is 0.222. The van der Waals surface area contributed by atoms with Gasteiger partial charge in [-0.25, -0.2) is 4.39 Å². The Bertz CT molecular complexity index is 880. The van der Waals surface area contributed by atoms with Crippen molar-refractivity contribution in [2.75, 3.05) is 7.11 Å². The Hall–Kier alpha value is -2.41. The molecule has 2 N–H and O–H groups in total. The minimum atomic E-state index is -0.496. The van der Waals surface area contributed by atoms with Crippen molar-refractivity contribution in [3.05, 3.63) is 58.2 Å². The molecular weight excluding hydrogens is 389 g/mol. The van der Waals surface area contributed by atoms with Gasteiger partial charge >= 0.3 is 0 Å². The summed E-state index contributed by atoms with van der Waals surface area (Å²) >= 11 is 3.43. The van der Waals surface area contributed by atoms with Crippen LogP contribution in [-0.4, -0.2) is 23.0 Å². The van der Waals surface area contributed by atoms with Crippen molar-refractivity contribution in [2.24, 2.45) is 0 Å². The Labute approximate surface area is 153 Å². The molecule has 0 radical (unpaired) electrons. The van der Waals surface area contributed by atoms with Gasteiger partial charge in [-0.05, 0) is 40.2 Å². The van der Waals surface area contributed by atoms with Gasteiger partial charge in [0.1, 0.15) is 11.6 Å². The largest absolute Gasteiger partial charge is 0.496 e. The van der Waals surface area contributed by atoms with Crippen LogP contribution in [0.4, 0.5) is 4.39 Å². The number of carbonyl (C=O) groups excluding carboxylic acids is 1. The highest BCUT2D eigenvalue weighted by Gasteiger charge is 2.14. The average molecular weight is 408 g/mol. The van der Waals surface area contributed by atoms with E-state index in [1.165, 1.54) is 19.2 Å². The first-order valence-corrected chi connectivity index (χ1v) is 8.61. The highest BCUT2D eigenvalue weighted by molar-refractivity contribution is 9.10. The molecule has 0 bridgehead atoms. The van der Waals surface area contributed by atoms with E-state index in [-0.39, 0.29) is 12.1 Å². The fourth-order valence-electron chi connectivity index (χ4n) is 2.33. The van der Waals surface area contributed by atoms with E-state index in [1.807, 2.05) is 19.9 Å². The molecule has 0 fully saturated rings. The second kappa shape index (κ2) is 8.62. The molecule has 1 amide bonds. The number of aromatic amines is 1. The van der Waals surface area contributed by atoms with Gasteiger partial charge < -0.3 is 15.0 Å². The lowest BCUT2D eigenvalue weighted by Gasteiger charge is -2.10. The number of nitrogens with zero attached hydrogens (tertiary/aromatic N) is 1. The van der Waals surface area contributed by atoms with E-state index in [2.05, 4.69) is 31.2 Å². The van der Waals surface area contributed by atoms with Crippen molar-refractivity contribution < 1.29 is 13.9 Å². The molecule has 0 saturated heterocycles. The number of carbonyl (C=O) groups is 1. The summed E-state index contributed by atoms with van der Waals surface area (Å²) in [6, 6.07) is 5.73. The summed E-state index contributed by atoms with van der Waals surface area (Å²) in [5, 5.41) is 3.71. The number of halogens is 2. The van der Waals surface area contributed by atoms with Gasteiger partial charge in [-0.2, -0.15) is 0 Å². The van der Waals surface area contributed by atoms with E-state index < -0.39 is 11.7 Å². The molecule has 0 unspecified atom stereocenters. The lowest BCUT2D eigenvalue weighted by Crippen LogP contribution is -2.24. The van der Waals surface area contributed by atoms with Crippen LogP contribution in [0.5, 0.6) is 5.75 Å². The molecule has 0 spiro atoms. The first-order chi connectivity index (χ1) is 12.1. The van der Waals surface area contributed by atoms with Crippen LogP contribution in [0.1, 0.15) is 29.9 Å². The Morgan fingerprint density at radius 2 is 2.12 bits per heavy atom. The number of pyridine rings is 1. The van der Waals surface area contributed by atoms with Gasteiger partial charge in [0, 0.05) is 22.3 Å². The standard InChI is InChI=1S/C16H13BrFN3O2.C2H6/c1-23-14-3-2-9(18)6-11(14)16(22)21-8-13-15-10(4-5-19-15)12(17)7-20-13;1-2/h2-7,19H,8H2,1H3,(H,21,22);1-2H3. The number of H-pyrrole nitrogens is 1. The van der Waals surface area contributed by atoms with E-state index in [1.54, 1.807) is 12.4 Å². The van der Waals surface area contributed by atoms with Crippen LogP contribution in [0, 0.1) is 5.82 Å². The molecule has 0 aliphatic rings. The van der Waals surface area contributed by atoms with E-state index in [0.717, 1.165) is 21.4 Å². The number of aromatic nitrogens is 2. The van der Waals surface area contributed by atoms with Gasteiger partial charge in [0.25, 0.3) is 5.91 Å². The van der Waals surface area contributed by atoms with E-state index in [0.29, 0.717) is 11.4 Å². The number of hydrogen-bond donors (Lipinski definition) is 2. The van der Waals surface area contributed by atoms with Crippen molar-refractivity contribution >= 4 is 32.7 Å². The van der Waals surface area contributed by atoms with Gasteiger partial charge in [-0.1, -0.05) is 13.8 Å². The van der Waals surface area contributed by atoms with E-state index in [9.17, 15) is 9.18 Å². The van der Waals surface area contributed by atoms with Crippen molar-refractivity contribution in [3.8, 4) is 5.75 Å². The Morgan fingerprint density at radius 3 is 2.84 bits per heavy atom. The summed E-state index contributed by atoms with van der Waals surface area (Å²) in [4.78, 5) is 19.7. The van der Waals surface area contributed by atoms with Crippen LogP contribution in [0.2, 0.25) is 0 Å². The highest BCUT2D eigenvalue weighted by atomic mass is 79.9. The number of ether oxygens (including phenoxy) is 1. The fourth-order valence-corrected chi connectivity index (χ4v) is 2.76. The first-order valence-electron chi connectivity index (χ1n) is 7.82. The molecule has 1 aromatic carbocycles. The minimum Gasteiger partial charge on any atom is -0.496 e. The monoisotopic (exact) mass is 407 g/mol. The zero-order valence-corrected chi connectivity index (χ0v) is 15.8. The summed E-state index contributed by atoms with van der Waals surface area (Å²) < 4.78 is 19.3. The second-order valence-corrected chi connectivity index (χ2v) is 5.70. The van der Waals surface area contributed by atoms with Gasteiger partial charge in [-0.15, -0.1) is 0 Å². The Kier molecular flexibility index (Phi) is 6.52. The summed E-state index contributed by atoms with van der Waals surface area (Å²) in [7, 11) is 1.43. The van der Waals surface area contributed by atoms with Crippen molar-refractivity contribution in [2.45, 2.75) is 20.4 Å². The number of rotatable bonds is 4. The third-order valence-corrected chi connectivity index (χ3v) is 4.08. The number of methoxy groups -OCH3 is 1. The molecule has 0 saturated carbocycles. The third-order valence-electron chi connectivity index (χ3n) is 3.45. The predicted octanol–water partition coefficient (Wildman–Crippen LogP) is 4.43. The topological polar surface area (TPSA) is 67.0 Å². The molecular formula is C18H19BrFN3O2. The van der Waals surface area contributed by atoms with Crippen molar-refractivity contribution in [1.29, 1.82) is 0 Å². The van der Waals surface area contributed by atoms with Crippen LogP contribution in [0.25, 0.3) is 10.9 Å². The lowest BCUT2D eigenvalue weighted by atomic mass is 10.1. The summed E-state index contributed by atoms with van der Waals surface area (Å²) in [6.07, 6.45) is 3.48. The summed E-state index contributed by atoms with van der Waals surface area (Å²) in [5.41, 5.74) is 1.68. The number of fused-ring (bicyclic) bond motifs is 1. The Morgan fingerprint density at radius 1 is 1.36 bits per heavy atom. The van der Waals surface area contributed by atoms with Gasteiger partial charge in [0.15, 0.2) is 0 Å². The number of benzene rings is 1. The molecule has 7 heteroatoms. The second-order valence-electron chi connectivity index (χ2n) is 4.85. The van der Waals surface area contributed by atoms with Crippen LogP contribution in [0.15, 0.2) is 41.1 Å². The molecule has 0 aliphatic heterocycles. The normalized spacial score (nSPS) is 10.1. The van der Waals surface area contributed by atoms with E-state index in [4.69, 9.17) is 4.74 Å². The highest BCUT2D eigenvalue weighted by Crippen LogP contribution is 2.24. The molecule has 3 rings (SSSR count). The van der Waals surface area contributed by atoms with Gasteiger partial charge in [0.2, 0.25) is 0 Å². The van der Waals surface area contributed by atoms with Gasteiger partial charge in [0.05, 0.1) is 30.4 Å². The lowest BCUT2D eigenvalue weighted by molar-refractivity contribution is 0.0947. The molecule has 132 valence electrons. The van der Waals surface area contributed by atoms with Crippen LogP contribution < -0.4 is 10.1 Å². The SMILES string of the molecule is CC.COc1ccc(F)cc1C(=O)NCc1ncc(Br)c2cc[nH]c12. The molecule has 2 heterocycles. The summed E-state index contributed by atoms with van der Waals surface area (Å²) in [5.74, 6) is -0.604. The molecule has 2 aromatic heterocycles. The number of nitrogens with one attached hydrogen (secondary N) is 2. The Balaban J connectivity index is 0.00000109. The maximum absolute atomic E-state index is 13.4. The van der Waals surface area contributed by atoms with Crippen LogP contribution in [-0.2, 0) is 6.54 Å². The maximum Gasteiger partial charge on any atom is 0.255 e. The first kappa shape index (κ1) is 18.9. The predicted molar refractivity (Wildman–Crippen MR) is 99.3 cm³/mol. The molecule has 3 aromatic rings. The number of hydrogen-bond acceptors (Lipinski definition) is 3. The molecule has 25 heavy (non-hydrogen) atoms. The zero-order chi connectivity index (χ0) is 18.4. The van der Waals surface area contributed by atoms with E-state index >= 15 is 0 Å². The van der Waals surface area contributed by atoms with Crippen LogP contribution >= 0.6 is 15.9 Å². The van der Waals surface area contributed by atoms with Crippen molar-refractivity contribution in [3.63, 3.8) is 0 Å². The quantitative estimate of drug-likeness (QED) is 0.671. The minimum absolute atomic E-state index is 0.146. The molecule has 5 nitrogen and oxygen atoms in total. The summed E-state index contributed by atoms with van der Waals surface area (Å²) in [6.45, 7) is 4.21. The average Bonchev–Trinajstić information content (AvgIpc) is 3.13. The number of amides is 1.